The quantitative estimate of drug-likeness (QED) is 0.422. The molecule has 0 aliphatic carbocycles. The highest BCUT2D eigenvalue weighted by Crippen LogP contribution is 2.15. The number of hydroxylamine groups is 1. The minimum Gasteiger partial charge on any atom is -0.484 e. The highest BCUT2D eigenvalue weighted by Gasteiger charge is 2.02. The number of rotatable bonds is 8. The topological polar surface area (TPSA) is 67.8 Å². The van der Waals surface area contributed by atoms with Crippen LogP contribution in [0.15, 0.2) is 48.5 Å². The van der Waals surface area contributed by atoms with Crippen molar-refractivity contribution in [3.8, 4) is 5.75 Å². The first-order valence-electron chi connectivity index (χ1n) is 8.50. The molecule has 0 fully saturated rings. The molecule has 0 spiro atoms. The van der Waals surface area contributed by atoms with Crippen LogP contribution in [-0.2, 0) is 16.1 Å². The van der Waals surface area contributed by atoms with Gasteiger partial charge in [-0.25, -0.2) is 9.87 Å². The van der Waals surface area contributed by atoms with Gasteiger partial charge in [0.05, 0.1) is 6.61 Å². The Morgan fingerprint density at radius 2 is 1.92 bits per heavy atom. The van der Waals surface area contributed by atoms with E-state index in [0.29, 0.717) is 11.3 Å². The molecular formula is C20H26FNO4. The Morgan fingerprint density at radius 3 is 2.54 bits per heavy atom. The Kier molecular flexibility index (Phi) is 10.7. The molecule has 2 aromatic rings. The normalized spacial score (nSPS) is 9.85. The lowest BCUT2D eigenvalue weighted by atomic mass is 10.2. The van der Waals surface area contributed by atoms with Crippen molar-refractivity contribution in [3.63, 3.8) is 0 Å². The second-order valence-electron chi connectivity index (χ2n) is 5.63. The van der Waals surface area contributed by atoms with Crippen LogP contribution in [0.5, 0.6) is 5.75 Å². The van der Waals surface area contributed by atoms with Crippen LogP contribution in [0.25, 0.3) is 0 Å². The monoisotopic (exact) mass is 363 g/mol. The number of unbranched alkanes of at least 4 members (excludes halogenated alkanes) is 1. The van der Waals surface area contributed by atoms with Gasteiger partial charge in [-0.15, -0.1) is 0 Å². The van der Waals surface area contributed by atoms with Crippen LogP contribution in [0.4, 0.5) is 4.39 Å². The summed E-state index contributed by atoms with van der Waals surface area (Å²) >= 11 is 0. The van der Waals surface area contributed by atoms with E-state index in [4.69, 9.17) is 14.7 Å². The Morgan fingerprint density at radius 1 is 1.19 bits per heavy atom. The van der Waals surface area contributed by atoms with Crippen molar-refractivity contribution >= 4 is 5.91 Å². The molecule has 0 saturated heterocycles. The largest absolute Gasteiger partial charge is 0.484 e. The van der Waals surface area contributed by atoms with Gasteiger partial charge in [-0.1, -0.05) is 43.7 Å². The van der Waals surface area contributed by atoms with Crippen molar-refractivity contribution < 1.29 is 23.9 Å². The lowest BCUT2D eigenvalue weighted by Gasteiger charge is -2.05. The van der Waals surface area contributed by atoms with E-state index in [1.54, 1.807) is 6.92 Å². The van der Waals surface area contributed by atoms with E-state index in [1.165, 1.54) is 35.7 Å². The fourth-order valence-electron chi connectivity index (χ4n) is 1.90. The molecule has 0 aliphatic rings. The van der Waals surface area contributed by atoms with E-state index in [0.717, 1.165) is 19.6 Å². The predicted molar refractivity (Wildman–Crippen MR) is 97.6 cm³/mol. The highest BCUT2D eigenvalue weighted by molar-refractivity contribution is 5.76. The number of hydrogen-bond acceptors (Lipinski definition) is 4. The molecule has 0 radical (unpaired) electrons. The molecule has 0 bridgehead atoms. The van der Waals surface area contributed by atoms with Crippen LogP contribution >= 0.6 is 0 Å². The number of aryl methyl sites for hydroxylation is 1. The van der Waals surface area contributed by atoms with E-state index in [1.807, 2.05) is 18.2 Å². The third-order valence-electron chi connectivity index (χ3n) is 3.38. The summed E-state index contributed by atoms with van der Waals surface area (Å²) in [6.45, 7) is 5.09. The highest BCUT2D eigenvalue weighted by atomic mass is 19.1. The van der Waals surface area contributed by atoms with E-state index < -0.39 is 5.91 Å². The van der Waals surface area contributed by atoms with Crippen molar-refractivity contribution in [2.75, 3.05) is 13.2 Å². The third-order valence-corrected chi connectivity index (χ3v) is 3.38. The number of ether oxygens (including phenoxy) is 2. The number of carbonyl (C=O) groups excluding carboxylic acids is 1. The minimum atomic E-state index is -0.660. The molecule has 0 aromatic heterocycles. The first-order valence-corrected chi connectivity index (χ1v) is 8.50. The maximum Gasteiger partial charge on any atom is 0.281 e. The Labute approximate surface area is 153 Å². The van der Waals surface area contributed by atoms with Gasteiger partial charge in [0, 0.05) is 6.61 Å². The van der Waals surface area contributed by atoms with Crippen molar-refractivity contribution in [2.45, 2.75) is 33.3 Å². The first-order chi connectivity index (χ1) is 12.6. The standard InChI is InChI=1S/C11H16O.C9H10FNO3/c1-2-3-9-12-10-11-7-5-4-6-8-11;1-6-4-7(2-3-8(6)10)14-5-9(12)11-13/h4-8H,2-3,9-10H2,1H3;2-4,13H,5H2,1H3,(H,11,12). The summed E-state index contributed by atoms with van der Waals surface area (Å²) in [6.07, 6.45) is 2.36. The molecule has 0 aliphatic heterocycles. The van der Waals surface area contributed by atoms with Crippen LogP contribution in [0.3, 0.4) is 0 Å². The smallest absolute Gasteiger partial charge is 0.281 e. The van der Waals surface area contributed by atoms with Gasteiger partial charge in [-0.05, 0) is 42.7 Å². The summed E-state index contributed by atoms with van der Waals surface area (Å²) in [5, 5.41) is 8.17. The molecule has 0 unspecified atom stereocenters. The van der Waals surface area contributed by atoms with Gasteiger partial charge in [0.25, 0.3) is 5.91 Å². The van der Waals surface area contributed by atoms with Crippen LogP contribution < -0.4 is 10.2 Å². The second kappa shape index (κ2) is 12.9. The average Bonchev–Trinajstić information content (AvgIpc) is 2.67. The minimum absolute atomic E-state index is 0.304. The number of carbonyl (C=O) groups is 1. The molecule has 1 amide bonds. The number of nitrogens with one attached hydrogen (secondary N) is 1. The average molecular weight is 363 g/mol. The van der Waals surface area contributed by atoms with Gasteiger partial charge in [0.2, 0.25) is 0 Å². The zero-order valence-electron chi connectivity index (χ0n) is 15.2. The molecule has 2 rings (SSSR count). The number of benzene rings is 2. The van der Waals surface area contributed by atoms with Crippen molar-refractivity contribution in [2.24, 2.45) is 0 Å². The third kappa shape index (κ3) is 9.15. The molecule has 0 atom stereocenters. The first kappa shape index (κ1) is 21.6. The maximum atomic E-state index is 12.8. The SMILES string of the molecule is CCCCOCc1ccccc1.Cc1cc(OCC(=O)NO)ccc1F. The lowest BCUT2D eigenvalue weighted by Crippen LogP contribution is -2.25. The Hall–Kier alpha value is -2.44. The molecule has 142 valence electrons. The number of hydrogen-bond donors (Lipinski definition) is 2. The fraction of sp³-hybridized carbons (Fsp3) is 0.350. The molecule has 2 aromatic carbocycles. The molecular weight excluding hydrogens is 337 g/mol. The molecule has 26 heavy (non-hydrogen) atoms. The Bertz CT molecular complexity index is 650. The van der Waals surface area contributed by atoms with Crippen LogP contribution in [0.2, 0.25) is 0 Å². The van der Waals surface area contributed by atoms with Gasteiger partial charge in [0.15, 0.2) is 6.61 Å². The molecule has 5 nitrogen and oxygen atoms in total. The van der Waals surface area contributed by atoms with Crippen molar-refractivity contribution in [1.29, 1.82) is 0 Å². The summed E-state index contributed by atoms with van der Waals surface area (Å²) in [6, 6.07) is 14.4. The van der Waals surface area contributed by atoms with Crippen molar-refractivity contribution in [3.05, 3.63) is 65.5 Å². The molecule has 6 heteroatoms. The number of halogens is 1. The zero-order valence-corrected chi connectivity index (χ0v) is 15.2. The lowest BCUT2D eigenvalue weighted by molar-refractivity contribution is -0.131. The summed E-state index contributed by atoms with van der Waals surface area (Å²) < 4.78 is 23.2. The van der Waals surface area contributed by atoms with Gasteiger partial charge in [-0.2, -0.15) is 0 Å². The summed E-state index contributed by atoms with van der Waals surface area (Å²) in [5.74, 6) is -0.608. The molecule has 0 saturated carbocycles. The van der Waals surface area contributed by atoms with E-state index in [-0.39, 0.29) is 12.4 Å². The zero-order chi connectivity index (χ0) is 19.2. The van der Waals surface area contributed by atoms with Gasteiger partial charge in [-0.3, -0.25) is 10.0 Å². The van der Waals surface area contributed by atoms with E-state index >= 15 is 0 Å². The summed E-state index contributed by atoms with van der Waals surface area (Å²) in [7, 11) is 0. The summed E-state index contributed by atoms with van der Waals surface area (Å²) in [4.78, 5) is 10.6. The van der Waals surface area contributed by atoms with Gasteiger partial charge >= 0.3 is 0 Å². The van der Waals surface area contributed by atoms with Crippen LogP contribution in [-0.4, -0.2) is 24.3 Å². The van der Waals surface area contributed by atoms with Crippen molar-refractivity contribution in [1.82, 2.24) is 5.48 Å². The molecule has 2 N–H and O–H groups in total. The Balaban J connectivity index is 0.000000263. The predicted octanol–water partition coefficient (Wildman–Crippen LogP) is 4.02. The van der Waals surface area contributed by atoms with Gasteiger partial charge < -0.3 is 9.47 Å². The van der Waals surface area contributed by atoms with Crippen LogP contribution in [0, 0.1) is 12.7 Å². The van der Waals surface area contributed by atoms with E-state index in [2.05, 4.69) is 19.1 Å². The fourth-order valence-corrected chi connectivity index (χ4v) is 1.90. The van der Waals surface area contributed by atoms with Gasteiger partial charge in [0.1, 0.15) is 11.6 Å². The second-order valence-corrected chi connectivity index (χ2v) is 5.63. The van der Waals surface area contributed by atoms with Crippen LogP contribution in [0.1, 0.15) is 30.9 Å². The molecule has 0 heterocycles. The van der Waals surface area contributed by atoms with E-state index in [9.17, 15) is 9.18 Å². The number of amides is 1. The maximum absolute atomic E-state index is 12.8. The summed E-state index contributed by atoms with van der Waals surface area (Å²) in [5.41, 5.74) is 3.12.